The minimum absolute atomic E-state index is 0.588. The standard InChI is InChI=1S/C11H23BrN2O/c1-10(9-12)11(2)13-3-4-14-5-7-15-8-6-14/h10-11,13H,3-9H2,1-2H3. The van der Waals surface area contributed by atoms with Gasteiger partial charge in [0, 0.05) is 37.6 Å². The zero-order chi connectivity index (χ0) is 11.1. The molecule has 3 nitrogen and oxygen atoms in total. The predicted molar refractivity (Wildman–Crippen MR) is 67.7 cm³/mol. The first-order valence-electron chi connectivity index (χ1n) is 5.83. The van der Waals surface area contributed by atoms with E-state index in [2.05, 4.69) is 40.0 Å². The smallest absolute Gasteiger partial charge is 0.0594 e. The molecule has 1 rings (SSSR count). The lowest BCUT2D eigenvalue weighted by Crippen LogP contribution is -2.43. The second-order valence-corrected chi connectivity index (χ2v) is 4.98. The quantitative estimate of drug-likeness (QED) is 0.742. The maximum Gasteiger partial charge on any atom is 0.0594 e. The van der Waals surface area contributed by atoms with Crippen LogP contribution in [-0.4, -0.2) is 55.7 Å². The molecule has 1 N–H and O–H groups in total. The molecule has 4 heteroatoms. The predicted octanol–water partition coefficient (Wildman–Crippen LogP) is 1.33. The summed E-state index contributed by atoms with van der Waals surface area (Å²) in [5.41, 5.74) is 0. The van der Waals surface area contributed by atoms with E-state index in [1.165, 1.54) is 0 Å². The highest BCUT2D eigenvalue weighted by Crippen LogP contribution is 2.05. The lowest BCUT2D eigenvalue weighted by molar-refractivity contribution is 0.0380. The van der Waals surface area contributed by atoms with Gasteiger partial charge in [0.15, 0.2) is 0 Å². The molecular formula is C11H23BrN2O. The molecule has 2 atom stereocenters. The Morgan fingerprint density at radius 3 is 2.60 bits per heavy atom. The summed E-state index contributed by atoms with van der Waals surface area (Å²) in [6, 6.07) is 0.588. The first-order valence-corrected chi connectivity index (χ1v) is 6.95. The molecule has 1 heterocycles. The molecule has 0 spiro atoms. The Bertz CT molecular complexity index is 161. The van der Waals surface area contributed by atoms with Gasteiger partial charge >= 0.3 is 0 Å². The maximum atomic E-state index is 5.31. The van der Waals surface area contributed by atoms with E-state index >= 15 is 0 Å². The fourth-order valence-corrected chi connectivity index (χ4v) is 2.17. The monoisotopic (exact) mass is 278 g/mol. The summed E-state index contributed by atoms with van der Waals surface area (Å²) in [6.07, 6.45) is 0. The summed E-state index contributed by atoms with van der Waals surface area (Å²) in [6.45, 7) is 10.7. The van der Waals surface area contributed by atoms with E-state index in [0.29, 0.717) is 12.0 Å². The molecule has 15 heavy (non-hydrogen) atoms. The minimum Gasteiger partial charge on any atom is -0.379 e. The highest BCUT2D eigenvalue weighted by molar-refractivity contribution is 9.09. The van der Waals surface area contributed by atoms with Crippen LogP contribution in [0.15, 0.2) is 0 Å². The lowest BCUT2D eigenvalue weighted by Gasteiger charge is -2.28. The lowest BCUT2D eigenvalue weighted by atomic mass is 10.1. The molecule has 0 saturated carbocycles. The van der Waals surface area contributed by atoms with E-state index in [1.807, 2.05) is 0 Å². The normalized spacial score (nSPS) is 22.6. The van der Waals surface area contributed by atoms with Gasteiger partial charge in [-0.05, 0) is 12.8 Å². The number of halogens is 1. The van der Waals surface area contributed by atoms with Crippen LogP contribution in [0.2, 0.25) is 0 Å². The number of nitrogens with one attached hydrogen (secondary N) is 1. The van der Waals surface area contributed by atoms with Crippen molar-refractivity contribution in [2.75, 3.05) is 44.7 Å². The Morgan fingerprint density at radius 2 is 2.00 bits per heavy atom. The fraction of sp³-hybridized carbons (Fsp3) is 1.00. The molecule has 1 aliphatic rings. The molecule has 0 aromatic carbocycles. The van der Waals surface area contributed by atoms with Gasteiger partial charge in [0.05, 0.1) is 13.2 Å². The van der Waals surface area contributed by atoms with Crippen LogP contribution in [0.4, 0.5) is 0 Å². The van der Waals surface area contributed by atoms with Crippen LogP contribution in [0.1, 0.15) is 13.8 Å². The van der Waals surface area contributed by atoms with E-state index in [9.17, 15) is 0 Å². The summed E-state index contributed by atoms with van der Waals surface area (Å²) in [5.74, 6) is 0.690. The molecule has 90 valence electrons. The number of ether oxygens (including phenoxy) is 1. The Labute approximate surface area is 102 Å². The average molecular weight is 279 g/mol. The zero-order valence-corrected chi connectivity index (χ0v) is 11.4. The van der Waals surface area contributed by atoms with E-state index in [4.69, 9.17) is 4.74 Å². The van der Waals surface area contributed by atoms with Crippen molar-refractivity contribution in [3.63, 3.8) is 0 Å². The third kappa shape index (κ3) is 5.29. The molecule has 0 aromatic heterocycles. The molecule has 1 fully saturated rings. The number of hydrogen-bond donors (Lipinski definition) is 1. The van der Waals surface area contributed by atoms with Gasteiger partial charge in [-0.2, -0.15) is 0 Å². The van der Waals surface area contributed by atoms with Gasteiger partial charge in [-0.25, -0.2) is 0 Å². The first kappa shape index (κ1) is 13.4. The molecule has 1 aliphatic heterocycles. The summed E-state index contributed by atoms with van der Waals surface area (Å²) in [5, 5.41) is 4.64. The van der Waals surface area contributed by atoms with E-state index < -0.39 is 0 Å². The number of nitrogens with zero attached hydrogens (tertiary/aromatic N) is 1. The van der Waals surface area contributed by atoms with Crippen molar-refractivity contribution in [1.82, 2.24) is 10.2 Å². The third-order valence-corrected chi connectivity index (χ3v) is 4.12. The van der Waals surface area contributed by atoms with Crippen molar-refractivity contribution in [2.45, 2.75) is 19.9 Å². The van der Waals surface area contributed by atoms with Crippen molar-refractivity contribution in [1.29, 1.82) is 0 Å². The Hall–Kier alpha value is 0.360. The van der Waals surface area contributed by atoms with Gasteiger partial charge in [-0.3, -0.25) is 4.90 Å². The molecule has 0 bridgehead atoms. The Morgan fingerprint density at radius 1 is 1.33 bits per heavy atom. The second-order valence-electron chi connectivity index (χ2n) is 4.33. The van der Waals surface area contributed by atoms with Gasteiger partial charge in [-0.15, -0.1) is 0 Å². The summed E-state index contributed by atoms with van der Waals surface area (Å²) in [4.78, 5) is 2.46. The molecular weight excluding hydrogens is 256 g/mol. The van der Waals surface area contributed by atoms with Gasteiger partial charge in [-0.1, -0.05) is 22.9 Å². The van der Waals surface area contributed by atoms with Gasteiger partial charge in [0.1, 0.15) is 0 Å². The number of alkyl halides is 1. The van der Waals surface area contributed by atoms with Crippen LogP contribution in [-0.2, 0) is 4.74 Å². The first-order chi connectivity index (χ1) is 7.24. The highest BCUT2D eigenvalue weighted by atomic mass is 79.9. The second kappa shape index (κ2) is 7.60. The topological polar surface area (TPSA) is 24.5 Å². The van der Waals surface area contributed by atoms with Gasteiger partial charge in [0.2, 0.25) is 0 Å². The molecule has 0 aromatic rings. The number of morpholine rings is 1. The van der Waals surface area contributed by atoms with E-state index in [1.54, 1.807) is 0 Å². The van der Waals surface area contributed by atoms with Crippen LogP contribution in [0.3, 0.4) is 0 Å². The molecule has 2 unspecified atom stereocenters. The van der Waals surface area contributed by atoms with Gasteiger partial charge < -0.3 is 10.1 Å². The molecule has 0 radical (unpaired) electrons. The number of rotatable bonds is 6. The van der Waals surface area contributed by atoms with Crippen LogP contribution in [0.5, 0.6) is 0 Å². The average Bonchev–Trinajstić information content (AvgIpc) is 2.29. The van der Waals surface area contributed by atoms with Crippen LogP contribution in [0, 0.1) is 5.92 Å². The molecule has 0 amide bonds. The largest absolute Gasteiger partial charge is 0.379 e. The van der Waals surface area contributed by atoms with Crippen molar-refractivity contribution in [2.24, 2.45) is 5.92 Å². The Kier molecular flexibility index (Phi) is 6.81. The van der Waals surface area contributed by atoms with Gasteiger partial charge in [0.25, 0.3) is 0 Å². The summed E-state index contributed by atoms with van der Waals surface area (Å²) < 4.78 is 5.31. The molecule has 1 saturated heterocycles. The minimum atomic E-state index is 0.588. The van der Waals surface area contributed by atoms with Crippen LogP contribution < -0.4 is 5.32 Å². The van der Waals surface area contributed by atoms with E-state index in [-0.39, 0.29) is 0 Å². The van der Waals surface area contributed by atoms with Crippen molar-refractivity contribution >= 4 is 15.9 Å². The Balaban J connectivity index is 2.04. The molecule has 0 aliphatic carbocycles. The highest BCUT2D eigenvalue weighted by Gasteiger charge is 2.12. The van der Waals surface area contributed by atoms with Crippen LogP contribution in [0.25, 0.3) is 0 Å². The van der Waals surface area contributed by atoms with E-state index in [0.717, 1.165) is 44.7 Å². The van der Waals surface area contributed by atoms with Crippen molar-refractivity contribution in [3.05, 3.63) is 0 Å². The summed E-state index contributed by atoms with van der Waals surface area (Å²) >= 11 is 3.52. The summed E-state index contributed by atoms with van der Waals surface area (Å²) in [7, 11) is 0. The van der Waals surface area contributed by atoms with Crippen molar-refractivity contribution < 1.29 is 4.74 Å². The third-order valence-electron chi connectivity index (χ3n) is 3.09. The maximum absolute atomic E-state index is 5.31. The zero-order valence-electron chi connectivity index (χ0n) is 9.84. The van der Waals surface area contributed by atoms with Crippen LogP contribution >= 0.6 is 15.9 Å². The SMILES string of the molecule is CC(CBr)C(C)NCCN1CCOCC1. The fourth-order valence-electron chi connectivity index (χ4n) is 1.61. The number of hydrogen-bond acceptors (Lipinski definition) is 3. The van der Waals surface area contributed by atoms with Crippen molar-refractivity contribution in [3.8, 4) is 0 Å².